The summed E-state index contributed by atoms with van der Waals surface area (Å²) in [4.78, 5) is 11.6. The average Bonchev–Trinajstić information content (AvgIpc) is 2.40. The molecule has 4 heteroatoms. The third-order valence-electron chi connectivity index (χ3n) is 2.32. The molecule has 0 aliphatic heterocycles. The van der Waals surface area contributed by atoms with Crippen molar-refractivity contribution in [1.29, 1.82) is 0 Å². The minimum atomic E-state index is -0.696. The average molecular weight is 326 g/mol. The van der Waals surface area contributed by atoms with Crippen LogP contribution >= 0.6 is 27.5 Å². The van der Waals surface area contributed by atoms with Crippen LogP contribution < -0.4 is 4.74 Å². The van der Waals surface area contributed by atoms with Crippen LogP contribution in [0.5, 0.6) is 11.5 Å². The number of halogens is 2. The van der Waals surface area contributed by atoms with Crippen LogP contribution in [0.25, 0.3) is 0 Å². The molecule has 0 spiro atoms. The van der Waals surface area contributed by atoms with Crippen LogP contribution in [-0.2, 0) is 0 Å². The van der Waals surface area contributed by atoms with Crippen molar-refractivity contribution in [2.24, 2.45) is 0 Å². The number of ether oxygens (including phenoxy) is 1. The second-order valence-electron chi connectivity index (χ2n) is 3.60. The molecule has 2 aromatic carbocycles. The molecule has 2 aromatic rings. The first kappa shape index (κ1) is 13.1. The van der Waals surface area contributed by atoms with Gasteiger partial charge < -0.3 is 4.74 Å². The van der Waals surface area contributed by atoms with Gasteiger partial charge in [-0.15, -0.1) is 11.6 Å². The maximum Gasteiger partial charge on any atom is 0.191 e. The molecule has 18 heavy (non-hydrogen) atoms. The molecule has 0 aliphatic rings. The molecular weight excluding hydrogens is 316 g/mol. The fourth-order valence-electron chi connectivity index (χ4n) is 1.44. The van der Waals surface area contributed by atoms with Crippen molar-refractivity contribution in [1.82, 2.24) is 0 Å². The lowest BCUT2D eigenvalue weighted by molar-refractivity contribution is 0.101. The predicted octanol–water partition coefficient (Wildman–Crippen LogP) is 4.62. The molecule has 1 atom stereocenters. The summed E-state index contributed by atoms with van der Waals surface area (Å²) < 4.78 is 4.92. The highest BCUT2D eigenvalue weighted by molar-refractivity contribution is 9.10. The molecular formula is C14H10BrClO2. The molecule has 0 radical (unpaired) electrons. The Morgan fingerprint density at radius 1 is 1.00 bits per heavy atom. The summed E-state index contributed by atoms with van der Waals surface area (Å²) in [6, 6.07) is 16.3. The first-order chi connectivity index (χ1) is 8.66. The number of hydrogen-bond donors (Lipinski definition) is 0. The van der Waals surface area contributed by atoms with Gasteiger partial charge in [0, 0.05) is 5.56 Å². The van der Waals surface area contributed by atoms with E-state index in [1.54, 1.807) is 24.3 Å². The van der Waals surface area contributed by atoms with E-state index in [2.05, 4.69) is 15.9 Å². The normalized spacial score (nSPS) is 11.9. The second kappa shape index (κ2) is 6.03. The number of carbonyl (C=O) groups excluding carboxylic acids is 1. The van der Waals surface area contributed by atoms with Gasteiger partial charge in [-0.2, -0.15) is 0 Å². The highest BCUT2D eigenvalue weighted by Crippen LogP contribution is 2.22. The smallest absolute Gasteiger partial charge is 0.191 e. The minimum absolute atomic E-state index is 0.164. The molecule has 0 fully saturated rings. The molecule has 0 heterocycles. The van der Waals surface area contributed by atoms with E-state index in [1.165, 1.54) is 0 Å². The fraction of sp³-hybridized carbons (Fsp3) is 0.0714. The monoisotopic (exact) mass is 324 g/mol. The van der Waals surface area contributed by atoms with Gasteiger partial charge in [0.25, 0.3) is 0 Å². The molecule has 0 aromatic heterocycles. The zero-order valence-corrected chi connectivity index (χ0v) is 11.7. The summed E-state index contributed by atoms with van der Waals surface area (Å²) in [5.74, 6) is 1.27. The number of benzene rings is 2. The summed E-state index contributed by atoms with van der Waals surface area (Å²) in [5, 5.41) is 0. The van der Waals surface area contributed by atoms with Crippen LogP contribution in [-0.4, -0.2) is 10.1 Å². The van der Waals surface area contributed by atoms with Gasteiger partial charge in [-0.1, -0.05) is 34.1 Å². The van der Waals surface area contributed by atoms with Gasteiger partial charge in [-0.25, -0.2) is 0 Å². The standard InChI is InChI=1S/C14H10BrClO2/c15-14(16)13(17)10-6-8-12(9-7-10)18-11-4-2-1-3-5-11/h1-9,14H. The lowest BCUT2D eigenvalue weighted by Crippen LogP contribution is -2.06. The van der Waals surface area contributed by atoms with Crippen molar-refractivity contribution >= 4 is 33.3 Å². The van der Waals surface area contributed by atoms with E-state index in [0.717, 1.165) is 5.75 Å². The van der Waals surface area contributed by atoms with Crippen LogP contribution in [0, 0.1) is 0 Å². The van der Waals surface area contributed by atoms with Crippen molar-refractivity contribution in [3.05, 3.63) is 60.2 Å². The van der Waals surface area contributed by atoms with Crippen molar-refractivity contribution < 1.29 is 9.53 Å². The molecule has 2 nitrogen and oxygen atoms in total. The molecule has 0 amide bonds. The highest BCUT2D eigenvalue weighted by atomic mass is 79.9. The number of para-hydroxylation sites is 1. The van der Waals surface area contributed by atoms with Crippen LogP contribution in [0.4, 0.5) is 0 Å². The van der Waals surface area contributed by atoms with E-state index >= 15 is 0 Å². The van der Waals surface area contributed by atoms with Crippen LogP contribution in [0.3, 0.4) is 0 Å². The highest BCUT2D eigenvalue weighted by Gasteiger charge is 2.13. The summed E-state index contributed by atoms with van der Waals surface area (Å²) in [7, 11) is 0. The topological polar surface area (TPSA) is 26.3 Å². The summed E-state index contributed by atoms with van der Waals surface area (Å²) in [6.07, 6.45) is 0. The van der Waals surface area contributed by atoms with Crippen molar-refractivity contribution in [3.63, 3.8) is 0 Å². The largest absolute Gasteiger partial charge is 0.457 e. The molecule has 0 saturated carbocycles. The molecule has 1 unspecified atom stereocenters. The maximum atomic E-state index is 11.6. The second-order valence-corrected chi connectivity index (χ2v) is 5.48. The van der Waals surface area contributed by atoms with Gasteiger partial charge in [0.2, 0.25) is 0 Å². The third kappa shape index (κ3) is 3.34. The van der Waals surface area contributed by atoms with Gasteiger partial charge in [-0.05, 0) is 36.4 Å². The third-order valence-corrected chi connectivity index (χ3v) is 2.93. The van der Waals surface area contributed by atoms with Crippen LogP contribution in [0.1, 0.15) is 10.4 Å². The van der Waals surface area contributed by atoms with E-state index < -0.39 is 4.29 Å². The van der Waals surface area contributed by atoms with E-state index in [-0.39, 0.29) is 5.78 Å². The van der Waals surface area contributed by atoms with E-state index in [9.17, 15) is 4.79 Å². The number of carbonyl (C=O) groups is 1. The Hall–Kier alpha value is -1.32. The van der Waals surface area contributed by atoms with E-state index in [4.69, 9.17) is 16.3 Å². The molecule has 0 N–H and O–H groups in total. The van der Waals surface area contributed by atoms with Gasteiger partial charge in [-0.3, -0.25) is 4.79 Å². The lowest BCUT2D eigenvalue weighted by Gasteiger charge is -2.06. The van der Waals surface area contributed by atoms with Gasteiger partial charge in [0.15, 0.2) is 10.1 Å². The summed E-state index contributed by atoms with van der Waals surface area (Å²) in [5.41, 5.74) is 0.548. The first-order valence-electron chi connectivity index (χ1n) is 5.32. The Balaban J connectivity index is 2.11. The molecule has 2 rings (SSSR count). The van der Waals surface area contributed by atoms with E-state index in [1.807, 2.05) is 30.3 Å². The zero-order valence-electron chi connectivity index (χ0n) is 9.35. The number of hydrogen-bond acceptors (Lipinski definition) is 2. The van der Waals surface area contributed by atoms with Gasteiger partial charge in [0.1, 0.15) is 11.5 Å². The quantitative estimate of drug-likeness (QED) is 0.605. The summed E-state index contributed by atoms with van der Waals surface area (Å²) >= 11 is 8.70. The molecule has 92 valence electrons. The number of Topliss-reactive ketones (excluding diaryl/α,β-unsaturated/α-hetero) is 1. The molecule has 0 bridgehead atoms. The Kier molecular flexibility index (Phi) is 4.39. The predicted molar refractivity (Wildman–Crippen MR) is 75.9 cm³/mol. The Labute approximate surface area is 119 Å². The number of alkyl halides is 2. The maximum absolute atomic E-state index is 11.6. The van der Waals surface area contributed by atoms with Crippen LogP contribution in [0.15, 0.2) is 54.6 Å². The van der Waals surface area contributed by atoms with Gasteiger partial charge >= 0.3 is 0 Å². The van der Waals surface area contributed by atoms with Crippen molar-refractivity contribution in [2.45, 2.75) is 4.29 Å². The fourth-order valence-corrected chi connectivity index (χ4v) is 1.83. The Morgan fingerprint density at radius 2 is 1.56 bits per heavy atom. The van der Waals surface area contributed by atoms with Crippen molar-refractivity contribution in [3.8, 4) is 11.5 Å². The molecule has 0 aliphatic carbocycles. The Morgan fingerprint density at radius 3 is 2.11 bits per heavy atom. The zero-order chi connectivity index (χ0) is 13.0. The summed E-state index contributed by atoms with van der Waals surface area (Å²) in [6.45, 7) is 0. The Bertz CT molecular complexity index is 523. The lowest BCUT2D eigenvalue weighted by atomic mass is 10.1. The van der Waals surface area contributed by atoms with Crippen molar-refractivity contribution in [2.75, 3.05) is 0 Å². The minimum Gasteiger partial charge on any atom is -0.457 e. The van der Waals surface area contributed by atoms with Gasteiger partial charge in [0.05, 0.1) is 0 Å². The number of rotatable bonds is 4. The molecule has 0 saturated heterocycles. The van der Waals surface area contributed by atoms with Crippen LogP contribution in [0.2, 0.25) is 0 Å². The first-order valence-corrected chi connectivity index (χ1v) is 6.67. The van der Waals surface area contributed by atoms with E-state index in [0.29, 0.717) is 11.3 Å². The number of ketones is 1. The SMILES string of the molecule is O=C(c1ccc(Oc2ccccc2)cc1)C(Cl)Br.